The van der Waals surface area contributed by atoms with E-state index in [0.29, 0.717) is 43.9 Å². The van der Waals surface area contributed by atoms with Crippen LogP contribution in [0.2, 0.25) is 0 Å². The summed E-state index contributed by atoms with van der Waals surface area (Å²) in [6, 6.07) is 9.40. The normalized spacial score (nSPS) is 14.2. The van der Waals surface area contributed by atoms with Crippen LogP contribution in [0.15, 0.2) is 24.3 Å². The number of ether oxygens (including phenoxy) is 2. The number of aromatic nitrogens is 3. The number of nitrogens with one attached hydrogen (secondary N) is 1. The maximum Gasteiger partial charge on any atom is 0.238 e. The second-order valence-electron chi connectivity index (χ2n) is 4.82. The molecule has 0 unspecified atom stereocenters. The summed E-state index contributed by atoms with van der Waals surface area (Å²) in [5.41, 5.74) is 0.720. The first-order valence-corrected chi connectivity index (χ1v) is 7.19. The molecule has 2 heterocycles. The van der Waals surface area contributed by atoms with E-state index >= 15 is 0 Å². The molecule has 118 valence electrons. The minimum atomic E-state index is 0.0684. The van der Waals surface area contributed by atoms with Crippen LogP contribution in [0.5, 0.6) is 5.75 Å². The molecule has 3 rings (SSSR count). The van der Waals surface area contributed by atoms with Gasteiger partial charge in [0.1, 0.15) is 11.8 Å². The Labute approximate surface area is 133 Å². The Kier molecular flexibility index (Phi) is 4.49. The lowest BCUT2D eigenvalue weighted by molar-refractivity contribution is 0.122. The summed E-state index contributed by atoms with van der Waals surface area (Å²) in [6.45, 7) is 2.59. The third-order valence-corrected chi connectivity index (χ3v) is 3.37. The Morgan fingerprint density at radius 3 is 2.74 bits per heavy atom. The summed E-state index contributed by atoms with van der Waals surface area (Å²) in [7, 11) is 1.59. The molecule has 1 saturated heterocycles. The number of anilines is 3. The zero-order chi connectivity index (χ0) is 16.1. The number of morpholine rings is 1. The van der Waals surface area contributed by atoms with Crippen molar-refractivity contribution in [3.8, 4) is 11.8 Å². The average molecular weight is 312 g/mol. The molecule has 1 N–H and O–H groups in total. The fourth-order valence-electron chi connectivity index (χ4n) is 2.24. The molecule has 8 heteroatoms. The molecule has 1 aliphatic heterocycles. The molecule has 0 saturated carbocycles. The Balaban J connectivity index is 1.91. The van der Waals surface area contributed by atoms with Crippen LogP contribution in [0.25, 0.3) is 0 Å². The number of hydrogen-bond donors (Lipinski definition) is 1. The maximum atomic E-state index is 9.15. The number of nitrogens with zero attached hydrogens (tertiary/aromatic N) is 5. The number of hydrogen-bond acceptors (Lipinski definition) is 8. The van der Waals surface area contributed by atoms with Crippen molar-refractivity contribution < 1.29 is 9.47 Å². The smallest absolute Gasteiger partial charge is 0.238 e. The summed E-state index contributed by atoms with van der Waals surface area (Å²) in [5.74, 6) is 1.51. The minimum absolute atomic E-state index is 0.0684. The highest BCUT2D eigenvalue weighted by molar-refractivity contribution is 5.62. The van der Waals surface area contributed by atoms with Crippen LogP contribution < -0.4 is 15.0 Å². The zero-order valence-electron chi connectivity index (χ0n) is 12.7. The van der Waals surface area contributed by atoms with Crippen molar-refractivity contribution >= 4 is 17.6 Å². The predicted molar refractivity (Wildman–Crippen MR) is 83.9 cm³/mol. The molecule has 1 aliphatic rings. The highest BCUT2D eigenvalue weighted by atomic mass is 16.5. The number of benzene rings is 1. The van der Waals surface area contributed by atoms with Crippen LogP contribution in [0.3, 0.4) is 0 Å². The molecule has 1 fully saturated rings. The van der Waals surface area contributed by atoms with Crippen LogP contribution in [-0.4, -0.2) is 48.4 Å². The Morgan fingerprint density at radius 1 is 1.22 bits per heavy atom. The van der Waals surface area contributed by atoms with Gasteiger partial charge in [0.25, 0.3) is 0 Å². The number of nitriles is 1. The van der Waals surface area contributed by atoms with Gasteiger partial charge in [0.05, 0.1) is 26.0 Å². The second-order valence-corrected chi connectivity index (χ2v) is 4.82. The Hall–Kier alpha value is -2.92. The fourth-order valence-corrected chi connectivity index (χ4v) is 2.24. The van der Waals surface area contributed by atoms with Gasteiger partial charge in [-0.3, -0.25) is 0 Å². The van der Waals surface area contributed by atoms with Gasteiger partial charge in [0.2, 0.25) is 17.7 Å². The van der Waals surface area contributed by atoms with E-state index in [9.17, 15) is 0 Å². The lowest BCUT2D eigenvalue weighted by Gasteiger charge is -2.26. The molecule has 2 aromatic rings. The van der Waals surface area contributed by atoms with Gasteiger partial charge in [-0.05, 0) is 12.1 Å². The highest BCUT2D eigenvalue weighted by Gasteiger charge is 2.17. The summed E-state index contributed by atoms with van der Waals surface area (Å²) in [5, 5.41) is 12.2. The first kappa shape index (κ1) is 15.0. The summed E-state index contributed by atoms with van der Waals surface area (Å²) >= 11 is 0. The average Bonchev–Trinajstić information content (AvgIpc) is 2.62. The lowest BCUT2D eigenvalue weighted by Crippen LogP contribution is -2.37. The molecular formula is C15H16N6O2. The quantitative estimate of drug-likeness (QED) is 0.903. The van der Waals surface area contributed by atoms with Gasteiger partial charge < -0.3 is 19.7 Å². The SMILES string of the molecule is COc1ccccc1Nc1nc(C#N)nc(N2CCOCC2)n1. The van der Waals surface area contributed by atoms with Crippen molar-refractivity contribution in [1.82, 2.24) is 15.0 Å². The first-order chi connectivity index (χ1) is 11.3. The van der Waals surface area contributed by atoms with E-state index in [2.05, 4.69) is 20.3 Å². The molecule has 0 bridgehead atoms. The zero-order valence-corrected chi connectivity index (χ0v) is 12.7. The Morgan fingerprint density at radius 2 is 2.00 bits per heavy atom. The standard InChI is InChI=1S/C15H16N6O2/c1-22-12-5-3-2-4-11(12)17-14-18-13(10-16)19-15(20-14)21-6-8-23-9-7-21/h2-5H,6-9H2,1H3,(H,17,18,19,20). The van der Waals surface area contributed by atoms with Crippen LogP contribution >= 0.6 is 0 Å². The molecule has 0 spiro atoms. The summed E-state index contributed by atoms with van der Waals surface area (Å²) in [4.78, 5) is 14.7. The van der Waals surface area contributed by atoms with Crippen molar-refractivity contribution in [2.75, 3.05) is 43.6 Å². The predicted octanol–water partition coefficient (Wildman–Crippen LogP) is 1.33. The summed E-state index contributed by atoms with van der Waals surface area (Å²) in [6.07, 6.45) is 0. The molecular weight excluding hydrogens is 296 g/mol. The van der Waals surface area contributed by atoms with Gasteiger partial charge in [-0.1, -0.05) is 12.1 Å². The molecule has 1 aromatic carbocycles. The van der Waals surface area contributed by atoms with Crippen LogP contribution in [0.1, 0.15) is 5.82 Å². The largest absolute Gasteiger partial charge is 0.495 e. The molecule has 0 radical (unpaired) electrons. The summed E-state index contributed by atoms with van der Waals surface area (Å²) < 4.78 is 10.6. The molecule has 1 aromatic heterocycles. The van der Waals surface area contributed by atoms with Gasteiger partial charge >= 0.3 is 0 Å². The third-order valence-electron chi connectivity index (χ3n) is 3.37. The van der Waals surface area contributed by atoms with Crippen molar-refractivity contribution in [1.29, 1.82) is 5.26 Å². The van der Waals surface area contributed by atoms with Crippen molar-refractivity contribution in [3.05, 3.63) is 30.1 Å². The first-order valence-electron chi connectivity index (χ1n) is 7.19. The second kappa shape index (κ2) is 6.89. The molecule has 8 nitrogen and oxygen atoms in total. The van der Waals surface area contributed by atoms with Crippen LogP contribution in [0.4, 0.5) is 17.6 Å². The molecule has 23 heavy (non-hydrogen) atoms. The van der Waals surface area contributed by atoms with Gasteiger partial charge in [0.15, 0.2) is 0 Å². The fraction of sp³-hybridized carbons (Fsp3) is 0.333. The number of rotatable bonds is 4. The molecule has 0 amide bonds. The van der Waals surface area contributed by atoms with E-state index in [0.717, 1.165) is 5.69 Å². The van der Waals surface area contributed by atoms with E-state index in [1.807, 2.05) is 35.2 Å². The minimum Gasteiger partial charge on any atom is -0.495 e. The van der Waals surface area contributed by atoms with Crippen molar-refractivity contribution in [2.24, 2.45) is 0 Å². The topological polar surface area (TPSA) is 96.2 Å². The van der Waals surface area contributed by atoms with Crippen LogP contribution in [0, 0.1) is 11.3 Å². The lowest BCUT2D eigenvalue weighted by atomic mass is 10.3. The van der Waals surface area contributed by atoms with Gasteiger partial charge in [-0.25, -0.2) is 0 Å². The monoisotopic (exact) mass is 312 g/mol. The van der Waals surface area contributed by atoms with E-state index < -0.39 is 0 Å². The van der Waals surface area contributed by atoms with Gasteiger partial charge in [-0.15, -0.1) is 0 Å². The van der Waals surface area contributed by atoms with E-state index in [-0.39, 0.29) is 5.82 Å². The van der Waals surface area contributed by atoms with Gasteiger partial charge in [0, 0.05) is 13.1 Å². The van der Waals surface area contributed by atoms with E-state index in [1.54, 1.807) is 7.11 Å². The van der Waals surface area contributed by atoms with Gasteiger partial charge in [-0.2, -0.15) is 20.2 Å². The number of methoxy groups -OCH3 is 1. The molecule has 0 atom stereocenters. The third kappa shape index (κ3) is 3.46. The van der Waals surface area contributed by atoms with E-state index in [1.165, 1.54) is 0 Å². The Bertz CT molecular complexity index is 724. The van der Waals surface area contributed by atoms with Crippen molar-refractivity contribution in [3.63, 3.8) is 0 Å². The molecule has 0 aliphatic carbocycles. The van der Waals surface area contributed by atoms with Crippen LogP contribution in [-0.2, 0) is 4.74 Å². The number of para-hydroxylation sites is 2. The highest BCUT2D eigenvalue weighted by Crippen LogP contribution is 2.26. The van der Waals surface area contributed by atoms with E-state index in [4.69, 9.17) is 14.7 Å². The van der Waals surface area contributed by atoms with Crippen molar-refractivity contribution in [2.45, 2.75) is 0 Å². The maximum absolute atomic E-state index is 9.15.